The highest BCUT2D eigenvalue weighted by atomic mass is 32.2. The first-order valence-electron chi connectivity index (χ1n) is 9.38. The molecule has 0 atom stereocenters. The second-order valence-corrected chi connectivity index (χ2v) is 9.25. The van der Waals surface area contributed by atoms with Gasteiger partial charge in [-0.15, -0.1) is 0 Å². The van der Waals surface area contributed by atoms with Crippen molar-refractivity contribution >= 4 is 32.7 Å². The zero-order chi connectivity index (χ0) is 22.2. The number of aromatic hydroxyl groups is 1. The molecule has 0 aliphatic heterocycles. The summed E-state index contributed by atoms with van der Waals surface area (Å²) in [4.78, 5) is 20.4. The fourth-order valence-electron chi connectivity index (χ4n) is 3.07. The van der Waals surface area contributed by atoms with Crippen LogP contribution in [0.2, 0.25) is 0 Å². The molecule has 1 amide bonds. The summed E-state index contributed by atoms with van der Waals surface area (Å²) in [6.45, 7) is 0. The Labute approximate surface area is 179 Å². The van der Waals surface area contributed by atoms with Crippen molar-refractivity contribution in [2.24, 2.45) is 0 Å². The number of phenols is 1. The average Bonchev–Trinajstić information content (AvgIpc) is 3.18. The van der Waals surface area contributed by atoms with Crippen molar-refractivity contribution in [2.75, 3.05) is 19.4 Å². The molecule has 158 valence electrons. The minimum Gasteiger partial charge on any atom is -0.507 e. The Kier molecular flexibility index (Phi) is 5.22. The van der Waals surface area contributed by atoms with Gasteiger partial charge in [0.25, 0.3) is 5.91 Å². The first kappa shape index (κ1) is 20.6. The van der Waals surface area contributed by atoms with Crippen LogP contribution in [-0.2, 0) is 10.0 Å². The minimum atomic E-state index is -3.74. The third-order valence-corrected chi connectivity index (χ3v) is 6.61. The number of fused-ring (bicyclic) bond motifs is 1. The van der Waals surface area contributed by atoms with Crippen molar-refractivity contribution in [3.63, 3.8) is 0 Å². The lowest BCUT2D eigenvalue weighted by atomic mass is 10.1. The number of aromatic nitrogens is 2. The summed E-state index contributed by atoms with van der Waals surface area (Å²) < 4.78 is 25.7. The van der Waals surface area contributed by atoms with E-state index < -0.39 is 15.9 Å². The molecule has 0 unspecified atom stereocenters. The number of carbonyl (C=O) groups is 1. The zero-order valence-electron chi connectivity index (χ0n) is 16.8. The van der Waals surface area contributed by atoms with Crippen LogP contribution in [0, 0.1) is 0 Å². The number of sulfonamides is 1. The number of hydrogen-bond acceptors (Lipinski definition) is 5. The normalized spacial score (nSPS) is 11.7. The van der Waals surface area contributed by atoms with E-state index in [4.69, 9.17) is 0 Å². The molecular formula is C22H20N4O4S. The molecule has 9 heteroatoms. The molecule has 0 bridgehead atoms. The van der Waals surface area contributed by atoms with E-state index in [0.717, 1.165) is 27.0 Å². The Hall–Kier alpha value is -3.69. The van der Waals surface area contributed by atoms with E-state index in [1.165, 1.54) is 26.2 Å². The van der Waals surface area contributed by atoms with E-state index in [1.54, 1.807) is 24.3 Å². The first-order chi connectivity index (χ1) is 14.8. The van der Waals surface area contributed by atoms with E-state index in [1.807, 2.05) is 24.3 Å². The number of nitrogens with zero attached hydrogens (tertiary/aromatic N) is 2. The highest BCUT2D eigenvalue weighted by molar-refractivity contribution is 7.89. The monoisotopic (exact) mass is 436 g/mol. The van der Waals surface area contributed by atoms with Gasteiger partial charge < -0.3 is 15.4 Å². The van der Waals surface area contributed by atoms with Crippen molar-refractivity contribution < 1.29 is 18.3 Å². The summed E-state index contributed by atoms with van der Waals surface area (Å²) >= 11 is 0. The molecule has 0 aliphatic rings. The molecule has 0 radical (unpaired) electrons. The van der Waals surface area contributed by atoms with Crippen LogP contribution in [0.15, 0.2) is 71.6 Å². The number of rotatable bonds is 5. The number of carbonyl (C=O) groups excluding carboxylic acids is 1. The molecule has 0 fully saturated rings. The molecule has 0 aliphatic carbocycles. The van der Waals surface area contributed by atoms with Crippen molar-refractivity contribution in [2.45, 2.75) is 4.90 Å². The standard InChI is InChI=1S/C22H20N4O4S/c1-26(2)31(29,30)16-11-12-20(27)17(13-16)22(28)23-15-9-7-14(8-10-15)21-24-18-5-3-4-6-19(18)25-21/h3-13,27H,1-2H3,(H,23,28)(H,24,25). The number of imidazole rings is 1. The molecule has 3 N–H and O–H groups in total. The SMILES string of the molecule is CN(C)S(=O)(=O)c1ccc(O)c(C(=O)Nc2ccc(-c3nc4ccccc4[nH]3)cc2)c1. The molecule has 4 aromatic rings. The van der Waals surface area contributed by atoms with E-state index >= 15 is 0 Å². The lowest BCUT2D eigenvalue weighted by Crippen LogP contribution is -2.22. The van der Waals surface area contributed by atoms with Crippen LogP contribution in [0.25, 0.3) is 22.4 Å². The van der Waals surface area contributed by atoms with E-state index in [-0.39, 0.29) is 16.2 Å². The number of H-pyrrole nitrogens is 1. The summed E-state index contributed by atoms with van der Waals surface area (Å²) in [6, 6.07) is 18.3. The fraction of sp³-hybridized carbons (Fsp3) is 0.0909. The van der Waals surface area contributed by atoms with Crippen molar-refractivity contribution in [3.8, 4) is 17.1 Å². The van der Waals surface area contributed by atoms with Crippen molar-refractivity contribution in [3.05, 3.63) is 72.3 Å². The Morgan fingerprint density at radius 1 is 1.03 bits per heavy atom. The predicted molar refractivity (Wildman–Crippen MR) is 118 cm³/mol. The summed E-state index contributed by atoms with van der Waals surface area (Å²) in [5, 5.41) is 12.7. The van der Waals surface area contributed by atoms with Gasteiger partial charge in [0.15, 0.2) is 0 Å². The van der Waals surface area contributed by atoms with E-state index in [9.17, 15) is 18.3 Å². The van der Waals surface area contributed by atoms with Crippen LogP contribution in [0.1, 0.15) is 10.4 Å². The maximum Gasteiger partial charge on any atom is 0.259 e. The van der Waals surface area contributed by atoms with E-state index in [0.29, 0.717) is 11.5 Å². The van der Waals surface area contributed by atoms with Crippen LogP contribution in [0.5, 0.6) is 5.75 Å². The molecule has 0 spiro atoms. The molecule has 1 heterocycles. The average molecular weight is 436 g/mol. The number of phenolic OH excluding ortho intramolecular Hbond substituents is 1. The molecule has 31 heavy (non-hydrogen) atoms. The lowest BCUT2D eigenvalue weighted by molar-refractivity contribution is 0.102. The second-order valence-electron chi connectivity index (χ2n) is 7.10. The van der Waals surface area contributed by atoms with Gasteiger partial charge in [-0.3, -0.25) is 4.79 Å². The molecular weight excluding hydrogens is 416 g/mol. The highest BCUT2D eigenvalue weighted by Crippen LogP contribution is 2.25. The van der Waals surface area contributed by atoms with Gasteiger partial charge >= 0.3 is 0 Å². The summed E-state index contributed by atoms with van der Waals surface area (Å²) in [5.74, 6) is -0.225. The molecule has 3 aromatic carbocycles. The highest BCUT2D eigenvalue weighted by Gasteiger charge is 2.21. The quantitative estimate of drug-likeness (QED) is 0.443. The smallest absolute Gasteiger partial charge is 0.259 e. The number of aromatic amines is 1. The van der Waals surface area contributed by atoms with Crippen LogP contribution >= 0.6 is 0 Å². The van der Waals surface area contributed by atoms with Gasteiger partial charge in [-0.1, -0.05) is 12.1 Å². The number of hydrogen-bond donors (Lipinski definition) is 3. The fourth-order valence-corrected chi connectivity index (χ4v) is 4.00. The molecule has 0 saturated heterocycles. The van der Waals surface area contributed by atoms with Gasteiger partial charge in [0.05, 0.1) is 21.5 Å². The lowest BCUT2D eigenvalue weighted by Gasteiger charge is -2.13. The van der Waals surface area contributed by atoms with Gasteiger partial charge in [0, 0.05) is 25.3 Å². The minimum absolute atomic E-state index is 0.0827. The largest absolute Gasteiger partial charge is 0.507 e. The molecule has 4 rings (SSSR count). The van der Waals surface area contributed by atoms with Crippen molar-refractivity contribution in [1.29, 1.82) is 0 Å². The third-order valence-electron chi connectivity index (χ3n) is 4.80. The summed E-state index contributed by atoms with van der Waals surface area (Å²) in [6.07, 6.45) is 0. The van der Waals surface area contributed by atoms with Crippen molar-refractivity contribution in [1.82, 2.24) is 14.3 Å². The van der Waals surface area contributed by atoms with Gasteiger partial charge in [-0.05, 0) is 54.6 Å². The van der Waals surface area contributed by atoms with Gasteiger partial charge in [0.2, 0.25) is 10.0 Å². The molecule has 0 saturated carbocycles. The number of para-hydroxylation sites is 2. The Balaban J connectivity index is 1.56. The number of anilines is 1. The number of benzene rings is 3. The first-order valence-corrected chi connectivity index (χ1v) is 10.8. The predicted octanol–water partition coefficient (Wildman–Crippen LogP) is 3.44. The van der Waals surface area contributed by atoms with Gasteiger partial charge in [0.1, 0.15) is 11.6 Å². The topological polar surface area (TPSA) is 115 Å². The Morgan fingerprint density at radius 3 is 2.42 bits per heavy atom. The van der Waals surface area contributed by atoms with Crippen LogP contribution in [0.4, 0.5) is 5.69 Å². The van der Waals surface area contributed by atoms with Crippen LogP contribution in [0.3, 0.4) is 0 Å². The summed E-state index contributed by atoms with van der Waals surface area (Å²) in [5.41, 5.74) is 2.99. The molecule has 1 aromatic heterocycles. The number of nitrogens with one attached hydrogen (secondary N) is 2. The summed E-state index contributed by atoms with van der Waals surface area (Å²) in [7, 11) is -0.950. The van der Waals surface area contributed by atoms with Gasteiger partial charge in [-0.2, -0.15) is 0 Å². The maximum absolute atomic E-state index is 12.7. The van der Waals surface area contributed by atoms with Gasteiger partial charge in [-0.25, -0.2) is 17.7 Å². The third kappa shape index (κ3) is 4.00. The van der Waals surface area contributed by atoms with E-state index in [2.05, 4.69) is 15.3 Å². The Morgan fingerprint density at radius 2 is 1.74 bits per heavy atom. The molecule has 8 nitrogen and oxygen atoms in total. The maximum atomic E-state index is 12.7. The second kappa shape index (κ2) is 7.86. The van der Waals surface area contributed by atoms with Crippen LogP contribution in [-0.4, -0.2) is 47.8 Å². The zero-order valence-corrected chi connectivity index (χ0v) is 17.6. The number of amides is 1. The Bertz CT molecular complexity index is 1340. The van der Waals surface area contributed by atoms with Crippen LogP contribution < -0.4 is 5.32 Å².